The smallest absolute Gasteiger partial charge is 0.239 e. The van der Waals surface area contributed by atoms with Gasteiger partial charge < -0.3 is 14.8 Å². The van der Waals surface area contributed by atoms with Gasteiger partial charge in [-0.05, 0) is 44.2 Å². The van der Waals surface area contributed by atoms with Crippen molar-refractivity contribution in [2.75, 3.05) is 19.5 Å². The molecule has 0 saturated carbocycles. The molecule has 36 heavy (non-hydrogen) atoms. The van der Waals surface area contributed by atoms with Crippen LogP contribution in [0.25, 0.3) is 22.5 Å². The highest BCUT2D eigenvalue weighted by Gasteiger charge is 2.20. The van der Waals surface area contributed by atoms with E-state index < -0.39 is 5.25 Å². The molecule has 9 heteroatoms. The maximum Gasteiger partial charge on any atom is 0.239 e. The molecule has 0 bridgehead atoms. The van der Waals surface area contributed by atoms with Crippen molar-refractivity contribution in [1.82, 2.24) is 9.97 Å². The van der Waals surface area contributed by atoms with Gasteiger partial charge in [-0.2, -0.15) is 5.26 Å². The molecule has 0 spiro atoms. The summed E-state index contributed by atoms with van der Waals surface area (Å²) in [6, 6.07) is 19.3. The molecule has 1 N–H and O–H groups in total. The van der Waals surface area contributed by atoms with E-state index in [0.29, 0.717) is 27.2 Å². The molecular formula is C27H24N4O3S2. The van der Waals surface area contributed by atoms with E-state index in [1.165, 1.54) is 23.1 Å². The van der Waals surface area contributed by atoms with E-state index in [9.17, 15) is 10.1 Å². The van der Waals surface area contributed by atoms with Crippen LogP contribution >= 0.6 is 23.1 Å². The van der Waals surface area contributed by atoms with Crippen LogP contribution in [0.4, 0.5) is 5.13 Å². The number of rotatable bonds is 8. The highest BCUT2D eigenvalue weighted by atomic mass is 32.2. The van der Waals surface area contributed by atoms with Gasteiger partial charge in [0.05, 0.1) is 36.4 Å². The molecule has 7 nitrogen and oxygen atoms in total. The molecule has 1 atom stereocenters. The van der Waals surface area contributed by atoms with Crippen LogP contribution in [-0.4, -0.2) is 35.3 Å². The first-order chi connectivity index (χ1) is 17.4. The van der Waals surface area contributed by atoms with Gasteiger partial charge in [-0.1, -0.05) is 41.6 Å². The number of benzene rings is 2. The summed E-state index contributed by atoms with van der Waals surface area (Å²) in [7, 11) is 3.16. The van der Waals surface area contributed by atoms with Gasteiger partial charge in [0.2, 0.25) is 5.91 Å². The fourth-order valence-corrected chi connectivity index (χ4v) is 5.00. The molecule has 0 aliphatic rings. The van der Waals surface area contributed by atoms with Crippen LogP contribution < -0.4 is 14.8 Å². The molecule has 0 fully saturated rings. The van der Waals surface area contributed by atoms with Crippen LogP contribution in [0.2, 0.25) is 0 Å². The Balaban J connectivity index is 1.47. The van der Waals surface area contributed by atoms with Crippen molar-refractivity contribution in [2.45, 2.75) is 24.1 Å². The number of methoxy groups -OCH3 is 2. The number of carbonyl (C=O) groups is 1. The minimum absolute atomic E-state index is 0.223. The lowest BCUT2D eigenvalue weighted by molar-refractivity contribution is -0.115. The lowest BCUT2D eigenvalue weighted by atomic mass is 10.1. The van der Waals surface area contributed by atoms with Crippen molar-refractivity contribution >= 4 is 34.1 Å². The highest BCUT2D eigenvalue weighted by molar-refractivity contribution is 8.00. The predicted molar refractivity (Wildman–Crippen MR) is 144 cm³/mol. The first-order valence-electron chi connectivity index (χ1n) is 11.1. The SMILES string of the molecule is COc1ccc(-c2csc(NC(=O)C(C)Sc3nc(-c4ccc(C)cc4)ccc3C#N)n2)cc1OC. The lowest BCUT2D eigenvalue weighted by Gasteiger charge is -2.12. The number of aryl methyl sites for hydroxylation is 1. The Morgan fingerprint density at radius 2 is 1.72 bits per heavy atom. The molecule has 0 aliphatic heterocycles. The van der Waals surface area contributed by atoms with Gasteiger partial charge in [0.15, 0.2) is 16.6 Å². The number of nitrogens with zero attached hydrogens (tertiary/aromatic N) is 3. The number of anilines is 1. The zero-order valence-corrected chi connectivity index (χ0v) is 21.9. The number of nitriles is 1. The molecule has 0 radical (unpaired) electrons. The number of thiazole rings is 1. The van der Waals surface area contributed by atoms with Crippen LogP contribution in [0.3, 0.4) is 0 Å². The Bertz CT molecular complexity index is 1430. The van der Waals surface area contributed by atoms with E-state index >= 15 is 0 Å². The van der Waals surface area contributed by atoms with E-state index in [4.69, 9.17) is 9.47 Å². The summed E-state index contributed by atoms with van der Waals surface area (Å²) < 4.78 is 10.7. The quantitative estimate of drug-likeness (QED) is 0.279. The third kappa shape index (κ3) is 5.67. The number of nitrogens with one attached hydrogen (secondary N) is 1. The van der Waals surface area contributed by atoms with Gasteiger partial charge in [-0.3, -0.25) is 4.79 Å². The third-order valence-electron chi connectivity index (χ3n) is 5.40. The maximum absolute atomic E-state index is 12.9. The molecule has 1 amide bonds. The van der Waals surface area contributed by atoms with Crippen molar-refractivity contribution < 1.29 is 14.3 Å². The van der Waals surface area contributed by atoms with Crippen LogP contribution in [-0.2, 0) is 4.79 Å². The van der Waals surface area contributed by atoms with Crippen LogP contribution in [0.1, 0.15) is 18.1 Å². The van der Waals surface area contributed by atoms with Gasteiger partial charge in [-0.15, -0.1) is 11.3 Å². The normalized spacial score (nSPS) is 11.4. The minimum atomic E-state index is -0.494. The molecule has 0 saturated heterocycles. The molecule has 182 valence electrons. The summed E-state index contributed by atoms with van der Waals surface area (Å²) in [4.78, 5) is 22.1. The average Bonchev–Trinajstić information content (AvgIpc) is 3.37. The van der Waals surface area contributed by atoms with Gasteiger partial charge in [0, 0.05) is 16.5 Å². The molecule has 2 aromatic heterocycles. The molecule has 4 aromatic rings. The number of aromatic nitrogens is 2. The van der Waals surface area contributed by atoms with Gasteiger partial charge in [-0.25, -0.2) is 9.97 Å². The summed E-state index contributed by atoms with van der Waals surface area (Å²) >= 11 is 2.58. The average molecular weight is 517 g/mol. The standard InChI is InChI=1S/C27H24N4O3S2/c1-16-5-7-18(8-6-16)21-11-9-20(14-28)26(29-21)36-17(2)25(32)31-27-30-22(15-35-27)19-10-12-23(33-3)24(13-19)34-4/h5-13,15,17H,1-4H3,(H,30,31,32). The third-order valence-corrected chi connectivity index (χ3v) is 7.26. The van der Waals surface area contributed by atoms with E-state index in [0.717, 1.165) is 28.1 Å². The molecule has 0 aliphatic carbocycles. The largest absolute Gasteiger partial charge is 0.493 e. The van der Waals surface area contributed by atoms with E-state index in [2.05, 4.69) is 21.4 Å². The lowest BCUT2D eigenvalue weighted by Crippen LogP contribution is -2.22. The summed E-state index contributed by atoms with van der Waals surface area (Å²) in [5, 5.41) is 14.8. The molecule has 2 aromatic carbocycles. The van der Waals surface area contributed by atoms with E-state index in [-0.39, 0.29) is 5.91 Å². The molecule has 1 unspecified atom stereocenters. The number of pyridine rings is 1. The maximum atomic E-state index is 12.9. The first-order valence-corrected chi connectivity index (χ1v) is 12.8. The summed E-state index contributed by atoms with van der Waals surface area (Å²) in [5.74, 6) is 1.01. The highest BCUT2D eigenvalue weighted by Crippen LogP contribution is 2.34. The number of hydrogen-bond donors (Lipinski definition) is 1. The summed E-state index contributed by atoms with van der Waals surface area (Å²) in [5.41, 5.74) is 4.86. The minimum Gasteiger partial charge on any atom is -0.493 e. The Kier molecular flexibility index (Phi) is 7.88. The van der Waals surface area contributed by atoms with E-state index in [1.54, 1.807) is 27.2 Å². The Labute approximate surface area is 218 Å². The predicted octanol–water partition coefficient (Wildman–Crippen LogP) is 6.19. The topological polar surface area (TPSA) is 97.1 Å². The number of ether oxygens (including phenoxy) is 2. The number of carbonyl (C=O) groups excluding carboxylic acids is 1. The number of amides is 1. The Morgan fingerprint density at radius 3 is 2.42 bits per heavy atom. The van der Waals surface area contributed by atoms with Crippen LogP contribution in [0.5, 0.6) is 11.5 Å². The fraction of sp³-hybridized carbons (Fsp3) is 0.185. The zero-order chi connectivity index (χ0) is 25.7. The second-order valence-corrected chi connectivity index (χ2v) is 10.1. The summed E-state index contributed by atoms with van der Waals surface area (Å²) in [6.45, 7) is 3.81. The molecule has 2 heterocycles. The second-order valence-electron chi connectivity index (χ2n) is 7.88. The fourth-order valence-electron chi connectivity index (χ4n) is 3.39. The van der Waals surface area contributed by atoms with Gasteiger partial charge >= 0.3 is 0 Å². The molecule has 4 rings (SSSR count). The second kappa shape index (κ2) is 11.2. The zero-order valence-electron chi connectivity index (χ0n) is 20.2. The van der Waals surface area contributed by atoms with Gasteiger partial charge in [0.1, 0.15) is 11.1 Å². The Morgan fingerprint density at radius 1 is 1.00 bits per heavy atom. The number of thioether (sulfide) groups is 1. The summed E-state index contributed by atoms with van der Waals surface area (Å²) in [6.07, 6.45) is 0. The van der Waals surface area contributed by atoms with Crippen LogP contribution in [0, 0.1) is 18.3 Å². The van der Waals surface area contributed by atoms with Crippen molar-refractivity contribution in [3.05, 3.63) is 71.1 Å². The monoisotopic (exact) mass is 516 g/mol. The van der Waals surface area contributed by atoms with E-state index in [1.807, 2.05) is 60.8 Å². The van der Waals surface area contributed by atoms with Crippen molar-refractivity contribution in [1.29, 1.82) is 5.26 Å². The number of hydrogen-bond acceptors (Lipinski definition) is 8. The van der Waals surface area contributed by atoms with Gasteiger partial charge in [0.25, 0.3) is 0 Å². The first kappa shape index (κ1) is 25.2. The van der Waals surface area contributed by atoms with Crippen molar-refractivity contribution in [3.8, 4) is 40.1 Å². The molecular weight excluding hydrogens is 492 g/mol. The van der Waals surface area contributed by atoms with Crippen LogP contribution in [0.15, 0.2) is 65.0 Å². The van der Waals surface area contributed by atoms with Crippen molar-refractivity contribution in [3.63, 3.8) is 0 Å². The van der Waals surface area contributed by atoms with Crippen molar-refractivity contribution in [2.24, 2.45) is 0 Å². The Hall–Kier alpha value is -3.87.